The van der Waals surface area contributed by atoms with E-state index in [2.05, 4.69) is 9.97 Å². The number of nitrogens with zero attached hydrogens (tertiary/aromatic N) is 2. The minimum absolute atomic E-state index is 0.252. The molecule has 2 aromatic rings. The molecule has 0 aromatic carbocycles. The Morgan fingerprint density at radius 1 is 0.583 bits per heavy atom. The van der Waals surface area contributed by atoms with Crippen molar-refractivity contribution in [2.45, 2.75) is 0 Å². The zero-order chi connectivity index (χ0) is 18.3. The van der Waals surface area contributed by atoms with Gasteiger partial charge < -0.3 is 20.4 Å². The maximum atomic E-state index is 10.4. The van der Waals surface area contributed by atoms with Crippen LogP contribution >= 0.6 is 0 Å². The van der Waals surface area contributed by atoms with Crippen molar-refractivity contribution < 1.29 is 39.6 Å². The molecule has 10 nitrogen and oxygen atoms in total. The number of pyridine rings is 2. The van der Waals surface area contributed by atoms with Gasteiger partial charge in [0.2, 0.25) is 0 Å². The van der Waals surface area contributed by atoms with Crippen LogP contribution in [0.2, 0.25) is 0 Å². The molecule has 0 aliphatic rings. The van der Waals surface area contributed by atoms with Gasteiger partial charge in [-0.25, -0.2) is 19.2 Å². The highest BCUT2D eigenvalue weighted by atomic mass is 16.4. The second-order valence-corrected chi connectivity index (χ2v) is 4.06. The molecule has 0 bridgehead atoms. The molecule has 24 heavy (non-hydrogen) atoms. The van der Waals surface area contributed by atoms with E-state index in [1.807, 2.05) is 0 Å². The summed E-state index contributed by atoms with van der Waals surface area (Å²) in [6.07, 6.45) is 4.48. The van der Waals surface area contributed by atoms with Gasteiger partial charge >= 0.3 is 23.9 Å². The standard InChI is InChI=1S/2C7H5NO4/c2*9-6(10)4-1-2-8-3-5(4)7(11)12/h2*1-3H,(H,9,10)(H,11,12). The summed E-state index contributed by atoms with van der Waals surface area (Å²) >= 11 is 0. The summed E-state index contributed by atoms with van der Waals surface area (Å²) in [4.78, 5) is 48.7. The van der Waals surface area contributed by atoms with Crippen LogP contribution < -0.4 is 0 Å². The van der Waals surface area contributed by atoms with Crippen LogP contribution in [0.25, 0.3) is 0 Å². The van der Waals surface area contributed by atoms with Crippen molar-refractivity contribution in [1.29, 1.82) is 0 Å². The number of carboxylic acid groups (broad SMARTS) is 4. The first-order chi connectivity index (χ1) is 11.3. The molecule has 2 aromatic heterocycles. The fraction of sp³-hybridized carbons (Fsp3) is 0. The third-order valence-electron chi connectivity index (χ3n) is 2.56. The molecule has 0 spiro atoms. The van der Waals surface area contributed by atoms with Crippen LogP contribution in [0.5, 0.6) is 0 Å². The van der Waals surface area contributed by atoms with Gasteiger partial charge in [0.15, 0.2) is 0 Å². The van der Waals surface area contributed by atoms with Gasteiger partial charge in [-0.1, -0.05) is 0 Å². The lowest BCUT2D eigenvalue weighted by molar-refractivity contribution is 0.0651. The number of aromatic nitrogens is 2. The van der Waals surface area contributed by atoms with Gasteiger partial charge in [0.1, 0.15) is 0 Å². The molecule has 0 aliphatic carbocycles. The molecule has 0 amide bonds. The molecule has 0 fully saturated rings. The maximum absolute atomic E-state index is 10.4. The highest BCUT2D eigenvalue weighted by Crippen LogP contribution is 2.06. The number of carboxylic acids is 4. The molecule has 2 heterocycles. The van der Waals surface area contributed by atoms with E-state index in [1.54, 1.807) is 0 Å². The maximum Gasteiger partial charge on any atom is 0.338 e. The summed E-state index contributed by atoms with van der Waals surface area (Å²) in [5.41, 5.74) is -1.11. The molecule has 2 rings (SSSR count). The highest BCUT2D eigenvalue weighted by Gasteiger charge is 2.15. The van der Waals surface area contributed by atoms with E-state index >= 15 is 0 Å². The van der Waals surface area contributed by atoms with E-state index < -0.39 is 23.9 Å². The van der Waals surface area contributed by atoms with Gasteiger partial charge in [-0.15, -0.1) is 0 Å². The number of aromatic carboxylic acids is 4. The SMILES string of the molecule is O=C(O)c1ccncc1C(=O)O.O=C(O)c1ccncc1C(=O)O. The number of hydrogen-bond acceptors (Lipinski definition) is 6. The van der Waals surface area contributed by atoms with Crippen molar-refractivity contribution >= 4 is 23.9 Å². The molecular weight excluding hydrogens is 324 g/mol. The molecule has 0 radical (unpaired) electrons. The monoisotopic (exact) mass is 334 g/mol. The Balaban J connectivity index is 0.000000240. The molecule has 0 atom stereocenters. The van der Waals surface area contributed by atoms with Crippen molar-refractivity contribution in [1.82, 2.24) is 9.97 Å². The molecule has 0 saturated carbocycles. The average Bonchev–Trinajstić information content (AvgIpc) is 2.55. The van der Waals surface area contributed by atoms with E-state index in [9.17, 15) is 19.2 Å². The fourth-order valence-electron chi connectivity index (χ4n) is 1.50. The molecule has 0 unspecified atom stereocenters. The summed E-state index contributed by atoms with van der Waals surface area (Å²) in [6.45, 7) is 0. The Hall–Kier alpha value is -3.82. The normalized spacial score (nSPS) is 9.33. The second kappa shape index (κ2) is 7.98. The van der Waals surface area contributed by atoms with Crippen LogP contribution in [-0.2, 0) is 0 Å². The third-order valence-corrected chi connectivity index (χ3v) is 2.56. The number of hydrogen-bond donors (Lipinski definition) is 4. The molecule has 4 N–H and O–H groups in total. The third kappa shape index (κ3) is 4.59. The lowest BCUT2D eigenvalue weighted by atomic mass is 10.1. The summed E-state index contributed by atoms with van der Waals surface area (Å²) in [5, 5.41) is 34.1. The zero-order valence-corrected chi connectivity index (χ0v) is 11.8. The first kappa shape index (κ1) is 18.2. The van der Waals surface area contributed by atoms with Crippen LogP contribution in [0.4, 0.5) is 0 Å². The molecule has 0 aliphatic heterocycles. The fourth-order valence-corrected chi connectivity index (χ4v) is 1.50. The van der Waals surface area contributed by atoms with E-state index in [0.717, 1.165) is 24.5 Å². The smallest absolute Gasteiger partial charge is 0.338 e. The highest BCUT2D eigenvalue weighted by molar-refractivity contribution is 6.01. The Morgan fingerprint density at radius 2 is 0.875 bits per heavy atom. The molecule has 0 saturated heterocycles. The van der Waals surface area contributed by atoms with Crippen molar-refractivity contribution in [3.63, 3.8) is 0 Å². The van der Waals surface area contributed by atoms with Crippen molar-refractivity contribution in [3.05, 3.63) is 59.2 Å². The lowest BCUT2D eigenvalue weighted by Gasteiger charge is -1.97. The second-order valence-electron chi connectivity index (χ2n) is 4.06. The summed E-state index contributed by atoms with van der Waals surface area (Å²) < 4.78 is 0. The predicted molar refractivity (Wildman–Crippen MR) is 76.3 cm³/mol. The Labute approximate surface area is 133 Å². The van der Waals surface area contributed by atoms with Gasteiger partial charge in [0.05, 0.1) is 22.3 Å². The Bertz CT molecular complexity index is 669. The lowest BCUT2D eigenvalue weighted by Crippen LogP contribution is -2.07. The minimum Gasteiger partial charge on any atom is -0.478 e. The van der Waals surface area contributed by atoms with E-state index in [-0.39, 0.29) is 22.3 Å². The zero-order valence-electron chi connectivity index (χ0n) is 11.8. The van der Waals surface area contributed by atoms with Crippen molar-refractivity contribution in [2.24, 2.45) is 0 Å². The van der Waals surface area contributed by atoms with Crippen LogP contribution in [0.1, 0.15) is 41.4 Å². The van der Waals surface area contributed by atoms with Gasteiger partial charge in [0, 0.05) is 24.8 Å². The summed E-state index contributed by atoms with van der Waals surface area (Å²) in [7, 11) is 0. The topological polar surface area (TPSA) is 175 Å². The quantitative estimate of drug-likeness (QED) is 0.629. The molecular formula is C14H10N2O8. The number of carbonyl (C=O) groups is 4. The van der Waals surface area contributed by atoms with Crippen molar-refractivity contribution in [2.75, 3.05) is 0 Å². The van der Waals surface area contributed by atoms with Gasteiger partial charge in [-0.2, -0.15) is 0 Å². The minimum atomic E-state index is -1.29. The van der Waals surface area contributed by atoms with E-state index in [0.29, 0.717) is 0 Å². The van der Waals surface area contributed by atoms with Gasteiger partial charge in [0.25, 0.3) is 0 Å². The van der Waals surface area contributed by atoms with Crippen LogP contribution in [0.3, 0.4) is 0 Å². The summed E-state index contributed by atoms with van der Waals surface area (Å²) in [6, 6.07) is 2.29. The molecule has 10 heteroatoms. The van der Waals surface area contributed by atoms with Crippen LogP contribution in [0.15, 0.2) is 36.9 Å². The van der Waals surface area contributed by atoms with Gasteiger partial charge in [-0.05, 0) is 12.1 Å². The van der Waals surface area contributed by atoms with Crippen LogP contribution in [-0.4, -0.2) is 54.3 Å². The average molecular weight is 334 g/mol. The first-order valence-electron chi connectivity index (χ1n) is 6.07. The van der Waals surface area contributed by atoms with Crippen molar-refractivity contribution in [3.8, 4) is 0 Å². The Morgan fingerprint density at radius 3 is 1.08 bits per heavy atom. The van der Waals surface area contributed by atoms with Crippen LogP contribution in [0, 0.1) is 0 Å². The summed E-state index contributed by atoms with van der Waals surface area (Å²) in [5.74, 6) is -5.12. The predicted octanol–water partition coefficient (Wildman–Crippen LogP) is 0.956. The largest absolute Gasteiger partial charge is 0.478 e. The first-order valence-corrected chi connectivity index (χ1v) is 6.07. The van der Waals surface area contributed by atoms with E-state index in [1.165, 1.54) is 12.4 Å². The van der Waals surface area contributed by atoms with Gasteiger partial charge in [-0.3, -0.25) is 9.97 Å². The number of rotatable bonds is 4. The van der Waals surface area contributed by atoms with E-state index in [4.69, 9.17) is 20.4 Å². The molecule has 124 valence electrons. The Kier molecular flexibility index (Phi) is 6.06.